The van der Waals surface area contributed by atoms with Crippen LogP contribution in [0, 0.1) is 0 Å². The van der Waals surface area contributed by atoms with Crippen molar-refractivity contribution in [2.45, 2.75) is 6.92 Å². The molecule has 0 aliphatic rings. The zero-order valence-electron chi connectivity index (χ0n) is 14.7. The van der Waals surface area contributed by atoms with Crippen LogP contribution in [0.15, 0.2) is 66.7 Å². The van der Waals surface area contributed by atoms with E-state index in [9.17, 15) is 9.90 Å². The molecule has 0 amide bonds. The fourth-order valence-corrected chi connectivity index (χ4v) is 2.84. The van der Waals surface area contributed by atoms with Gasteiger partial charge in [0.25, 0.3) is 0 Å². The largest absolute Gasteiger partial charge is 0.507 e. The number of aromatic hydroxyl groups is 1. The number of carbonyl (C=O) groups is 1. The number of benzene rings is 3. The van der Waals surface area contributed by atoms with Gasteiger partial charge < -0.3 is 14.6 Å². The summed E-state index contributed by atoms with van der Waals surface area (Å²) in [4.78, 5) is 12.4. The van der Waals surface area contributed by atoms with Gasteiger partial charge in [0.2, 0.25) is 0 Å². The maximum Gasteiger partial charge on any atom is 0.342 e. The van der Waals surface area contributed by atoms with Crippen molar-refractivity contribution >= 4 is 5.97 Å². The first-order valence-electron chi connectivity index (χ1n) is 8.38. The number of rotatable bonds is 5. The fourth-order valence-electron chi connectivity index (χ4n) is 2.84. The quantitative estimate of drug-likeness (QED) is 0.666. The Kier molecular flexibility index (Phi) is 5.23. The molecule has 0 unspecified atom stereocenters. The lowest BCUT2D eigenvalue weighted by Crippen LogP contribution is -2.07. The van der Waals surface area contributed by atoms with Crippen molar-refractivity contribution in [3.63, 3.8) is 0 Å². The van der Waals surface area contributed by atoms with Crippen LogP contribution >= 0.6 is 0 Å². The molecule has 1 N–H and O–H groups in total. The molecule has 0 heterocycles. The molecule has 4 nitrogen and oxygen atoms in total. The Bertz CT molecular complexity index is 899. The Morgan fingerprint density at radius 2 is 1.62 bits per heavy atom. The summed E-state index contributed by atoms with van der Waals surface area (Å²) in [7, 11) is 1.61. The molecule has 0 bridgehead atoms. The van der Waals surface area contributed by atoms with Gasteiger partial charge in [0.05, 0.1) is 13.7 Å². The number of methoxy groups -OCH3 is 1. The van der Waals surface area contributed by atoms with E-state index in [-0.39, 0.29) is 17.9 Å². The van der Waals surface area contributed by atoms with Crippen LogP contribution < -0.4 is 4.74 Å². The molecule has 3 aromatic carbocycles. The molecule has 0 aromatic heterocycles. The molecule has 26 heavy (non-hydrogen) atoms. The monoisotopic (exact) mass is 348 g/mol. The highest BCUT2D eigenvalue weighted by Crippen LogP contribution is 2.36. The minimum atomic E-state index is -0.537. The normalized spacial score (nSPS) is 10.4. The molecule has 0 aliphatic heterocycles. The van der Waals surface area contributed by atoms with E-state index >= 15 is 0 Å². The summed E-state index contributed by atoms with van der Waals surface area (Å²) in [6.45, 7) is 1.98. The van der Waals surface area contributed by atoms with Gasteiger partial charge >= 0.3 is 5.97 Å². The molecular formula is C22H20O4. The van der Waals surface area contributed by atoms with E-state index in [0.29, 0.717) is 5.56 Å². The lowest BCUT2D eigenvalue weighted by atomic mass is 9.93. The Labute approximate surface area is 152 Å². The highest BCUT2D eigenvalue weighted by molar-refractivity contribution is 6.01. The molecule has 0 aliphatic carbocycles. The van der Waals surface area contributed by atoms with Crippen LogP contribution in [0.4, 0.5) is 0 Å². The first kappa shape index (κ1) is 17.5. The van der Waals surface area contributed by atoms with Crippen molar-refractivity contribution in [2.75, 3.05) is 13.7 Å². The van der Waals surface area contributed by atoms with E-state index in [1.54, 1.807) is 20.1 Å². The van der Waals surface area contributed by atoms with Crippen molar-refractivity contribution < 1.29 is 19.4 Å². The Hall–Kier alpha value is -3.27. The lowest BCUT2D eigenvalue weighted by molar-refractivity contribution is 0.0524. The molecule has 132 valence electrons. The third-order valence-electron chi connectivity index (χ3n) is 4.11. The van der Waals surface area contributed by atoms with Crippen LogP contribution in [-0.2, 0) is 4.74 Å². The van der Waals surface area contributed by atoms with Crippen LogP contribution in [0.5, 0.6) is 11.5 Å². The van der Waals surface area contributed by atoms with Gasteiger partial charge in [0.15, 0.2) is 0 Å². The molecule has 3 rings (SSSR count). The van der Waals surface area contributed by atoms with Gasteiger partial charge in [-0.1, -0.05) is 42.5 Å². The van der Waals surface area contributed by atoms with Crippen molar-refractivity contribution in [3.05, 3.63) is 72.3 Å². The predicted molar refractivity (Wildman–Crippen MR) is 101 cm³/mol. The zero-order chi connectivity index (χ0) is 18.5. The minimum Gasteiger partial charge on any atom is -0.507 e. The number of phenolic OH excluding ortho intramolecular Hbond substituents is 1. The summed E-state index contributed by atoms with van der Waals surface area (Å²) in [6.07, 6.45) is 0. The molecule has 0 radical (unpaired) electrons. The smallest absolute Gasteiger partial charge is 0.342 e. The van der Waals surface area contributed by atoms with Crippen molar-refractivity contribution in [1.29, 1.82) is 0 Å². The van der Waals surface area contributed by atoms with Crippen LogP contribution in [0.2, 0.25) is 0 Å². The number of hydrogen-bond acceptors (Lipinski definition) is 4. The zero-order valence-corrected chi connectivity index (χ0v) is 14.7. The van der Waals surface area contributed by atoms with E-state index < -0.39 is 5.97 Å². The Morgan fingerprint density at radius 3 is 2.23 bits per heavy atom. The summed E-state index contributed by atoms with van der Waals surface area (Å²) in [5.41, 5.74) is 3.36. The van der Waals surface area contributed by atoms with Gasteiger partial charge in [0.1, 0.15) is 17.1 Å². The van der Waals surface area contributed by atoms with Crippen molar-refractivity contribution in [2.24, 2.45) is 0 Å². The number of esters is 1. The highest BCUT2D eigenvalue weighted by atomic mass is 16.5. The van der Waals surface area contributed by atoms with E-state index in [2.05, 4.69) is 0 Å². The Balaban J connectivity index is 2.17. The van der Waals surface area contributed by atoms with E-state index in [4.69, 9.17) is 9.47 Å². The van der Waals surface area contributed by atoms with Crippen molar-refractivity contribution in [1.82, 2.24) is 0 Å². The number of ether oxygens (including phenoxy) is 2. The maximum absolute atomic E-state index is 12.4. The van der Waals surface area contributed by atoms with Crippen molar-refractivity contribution in [3.8, 4) is 33.8 Å². The van der Waals surface area contributed by atoms with E-state index in [0.717, 1.165) is 22.4 Å². The van der Waals surface area contributed by atoms with Crippen LogP contribution in [0.25, 0.3) is 22.3 Å². The van der Waals surface area contributed by atoms with Crippen LogP contribution in [0.1, 0.15) is 17.3 Å². The molecule has 0 saturated heterocycles. The van der Waals surface area contributed by atoms with Gasteiger partial charge in [-0.2, -0.15) is 0 Å². The van der Waals surface area contributed by atoms with E-state index in [1.165, 1.54) is 0 Å². The van der Waals surface area contributed by atoms with Gasteiger partial charge in [-0.3, -0.25) is 0 Å². The number of phenols is 1. The Morgan fingerprint density at radius 1 is 0.923 bits per heavy atom. The second-order valence-corrected chi connectivity index (χ2v) is 5.73. The SMILES string of the molecule is CCOC(=O)c1c(O)cc(-c2ccc(OC)cc2)cc1-c1ccccc1. The van der Waals surface area contributed by atoms with E-state index in [1.807, 2.05) is 60.7 Å². The first-order chi connectivity index (χ1) is 12.6. The van der Waals surface area contributed by atoms with Gasteiger partial charge in [0, 0.05) is 5.56 Å². The van der Waals surface area contributed by atoms with Crippen LogP contribution in [0.3, 0.4) is 0 Å². The average molecular weight is 348 g/mol. The molecular weight excluding hydrogens is 328 g/mol. The summed E-state index contributed by atoms with van der Waals surface area (Å²) < 4.78 is 10.3. The summed E-state index contributed by atoms with van der Waals surface area (Å²) >= 11 is 0. The molecule has 0 saturated carbocycles. The molecule has 0 fully saturated rings. The average Bonchev–Trinajstić information content (AvgIpc) is 2.68. The predicted octanol–water partition coefficient (Wildman–Crippen LogP) is 4.91. The van der Waals surface area contributed by atoms with Gasteiger partial charge in [-0.15, -0.1) is 0 Å². The number of carbonyl (C=O) groups excluding carboxylic acids is 1. The number of hydrogen-bond donors (Lipinski definition) is 1. The third-order valence-corrected chi connectivity index (χ3v) is 4.11. The molecule has 4 heteroatoms. The van der Waals surface area contributed by atoms with Gasteiger partial charge in [-0.25, -0.2) is 4.79 Å². The summed E-state index contributed by atoms with van der Waals surface area (Å²) in [5, 5.41) is 10.6. The fraction of sp³-hybridized carbons (Fsp3) is 0.136. The second-order valence-electron chi connectivity index (χ2n) is 5.73. The standard InChI is InChI=1S/C22H20O4/c1-3-26-22(24)21-19(16-7-5-4-6-8-16)13-17(14-20(21)23)15-9-11-18(25-2)12-10-15/h4-14,23H,3H2,1-2H3. The molecule has 0 spiro atoms. The first-order valence-corrected chi connectivity index (χ1v) is 8.38. The lowest BCUT2D eigenvalue weighted by Gasteiger charge is -2.14. The highest BCUT2D eigenvalue weighted by Gasteiger charge is 2.20. The molecule has 3 aromatic rings. The van der Waals surface area contributed by atoms with Gasteiger partial charge in [-0.05, 0) is 47.9 Å². The topological polar surface area (TPSA) is 55.8 Å². The van der Waals surface area contributed by atoms with Crippen LogP contribution in [-0.4, -0.2) is 24.8 Å². The minimum absolute atomic E-state index is 0.101. The summed E-state index contributed by atoms with van der Waals surface area (Å²) in [5.74, 6) is 0.116. The third kappa shape index (κ3) is 3.54. The second kappa shape index (κ2) is 7.74. The maximum atomic E-state index is 12.4. The molecule has 0 atom stereocenters. The summed E-state index contributed by atoms with van der Waals surface area (Å²) in [6, 6.07) is 20.5.